The van der Waals surface area contributed by atoms with E-state index in [9.17, 15) is 22.6 Å². The number of hydrogen-bond donors (Lipinski definition) is 0. The molecule has 4 saturated carbocycles. The van der Waals surface area contributed by atoms with E-state index in [2.05, 4.69) is 6.92 Å². The van der Waals surface area contributed by atoms with Crippen molar-refractivity contribution < 1.29 is 50.9 Å². The Morgan fingerprint density at radius 1 is 0.676 bits per heavy atom. The zero-order valence-corrected chi connectivity index (χ0v) is 23.9. The Bertz CT molecular complexity index is 854. The van der Waals surface area contributed by atoms with E-state index in [1.165, 1.54) is 20.0 Å². The van der Waals surface area contributed by atoms with Crippen molar-refractivity contribution in [2.24, 2.45) is 29.6 Å². The second-order valence-electron chi connectivity index (χ2n) is 12.2. The Hall–Kier alpha value is -0.233. The quantitative estimate of drug-likeness (QED) is 0.346. The normalized spacial score (nSPS) is 39.4. The third kappa shape index (κ3) is 8.14. The number of methoxy groups -OCH3 is 1. The second-order valence-corrected chi connectivity index (χ2v) is 13.7. The van der Waals surface area contributed by atoms with E-state index < -0.39 is 21.3 Å². The molecule has 0 aromatic rings. The van der Waals surface area contributed by atoms with E-state index in [1.54, 1.807) is 0 Å². The summed E-state index contributed by atoms with van der Waals surface area (Å²) >= 11 is 0. The van der Waals surface area contributed by atoms with Crippen LogP contribution in [-0.2, 0) is 29.2 Å². The van der Waals surface area contributed by atoms with Gasteiger partial charge in [-0.3, -0.25) is 9.59 Å². The topological polar surface area (TPSA) is 110 Å². The van der Waals surface area contributed by atoms with Crippen LogP contribution >= 0.6 is 0 Å². The number of Topliss-reactive ketones (excluding diaryl/α,β-unsaturated/α-hetero) is 2. The molecular weight excluding hydrogens is 487 g/mol. The zero-order chi connectivity index (χ0) is 25.9. The summed E-state index contributed by atoms with van der Waals surface area (Å²) in [5.41, 5.74) is 0. The predicted octanol–water partition coefficient (Wildman–Crippen LogP) is 1.82. The molecule has 7 nitrogen and oxygen atoms in total. The van der Waals surface area contributed by atoms with Crippen LogP contribution in [0.3, 0.4) is 0 Å². The molecule has 4 aliphatic rings. The molecule has 206 valence electrons. The Labute approximate surface area is 235 Å². The minimum absolute atomic E-state index is 0. The molecule has 4 aliphatic carbocycles. The molecule has 3 atom stereocenters. The fraction of sp³-hybridized carbons (Fsp3) is 0.929. The summed E-state index contributed by atoms with van der Waals surface area (Å²) in [6.45, 7) is 2.29. The Morgan fingerprint density at radius 3 is 1.57 bits per heavy atom. The SMILES string of the molecule is COC1CCC(C(=O)C2CCC(OC3CCC(C(=O)C4CCC(C)CC4)CC3)CC2)C(S(=O)(=O)[O-])C1.[Li+]. The number of hydrogen-bond acceptors (Lipinski definition) is 7. The van der Waals surface area contributed by atoms with Gasteiger partial charge in [-0.05, 0) is 89.4 Å². The number of ketones is 2. The van der Waals surface area contributed by atoms with Gasteiger partial charge in [0, 0.05) is 30.8 Å². The van der Waals surface area contributed by atoms with Crippen LogP contribution in [0.1, 0.15) is 103 Å². The van der Waals surface area contributed by atoms with Crippen LogP contribution in [0.5, 0.6) is 0 Å². The molecule has 0 spiro atoms. The minimum atomic E-state index is -4.55. The zero-order valence-electron chi connectivity index (χ0n) is 23.1. The fourth-order valence-electron chi connectivity index (χ4n) is 7.37. The molecule has 0 aromatic carbocycles. The van der Waals surface area contributed by atoms with Crippen molar-refractivity contribution in [1.82, 2.24) is 0 Å². The fourth-order valence-corrected chi connectivity index (χ4v) is 8.49. The first-order valence-corrected chi connectivity index (χ1v) is 15.8. The number of rotatable bonds is 8. The van der Waals surface area contributed by atoms with Gasteiger partial charge in [-0.15, -0.1) is 0 Å². The van der Waals surface area contributed by atoms with E-state index in [1.807, 2.05) is 0 Å². The monoisotopic (exact) mass is 532 g/mol. The van der Waals surface area contributed by atoms with Gasteiger partial charge in [0.2, 0.25) is 0 Å². The summed E-state index contributed by atoms with van der Waals surface area (Å²) in [4.78, 5) is 26.2. The molecule has 0 aromatic heterocycles. The summed E-state index contributed by atoms with van der Waals surface area (Å²) in [6.07, 6.45) is 12.3. The summed E-state index contributed by atoms with van der Waals surface area (Å²) in [7, 11) is -3.03. The predicted molar refractivity (Wildman–Crippen MR) is 135 cm³/mol. The molecule has 0 amide bonds. The van der Waals surface area contributed by atoms with Gasteiger partial charge in [0.15, 0.2) is 0 Å². The molecule has 4 rings (SSSR count). The summed E-state index contributed by atoms with van der Waals surface area (Å²) in [5, 5.41) is -1.17. The van der Waals surface area contributed by atoms with Crippen LogP contribution < -0.4 is 18.9 Å². The van der Waals surface area contributed by atoms with Crippen LogP contribution in [0.4, 0.5) is 0 Å². The maximum absolute atomic E-state index is 13.2. The average Bonchev–Trinajstić information content (AvgIpc) is 2.88. The van der Waals surface area contributed by atoms with Crippen molar-refractivity contribution in [3.63, 3.8) is 0 Å². The largest absolute Gasteiger partial charge is 1.00 e. The van der Waals surface area contributed by atoms with Crippen molar-refractivity contribution in [3.05, 3.63) is 0 Å². The van der Waals surface area contributed by atoms with Gasteiger partial charge < -0.3 is 14.0 Å². The van der Waals surface area contributed by atoms with E-state index in [0.29, 0.717) is 31.5 Å². The molecule has 4 fully saturated rings. The molecule has 37 heavy (non-hydrogen) atoms. The van der Waals surface area contributed by atoms with Gasteiger partial charge in [-0.1, -0.05) is 19.8 Å². The molecule has 0 saturated heterocycles. The maximum atomic E-state index is 13.2. The second kappa shape index (κ2) is 13.9. The van der Waals surface area contributed by atoms with Crippen LogP contribution in [0.2, 0.25) is 0 Å². The van der Waals surface area contributed by atoms with Crippen molar-refractivity contribution in [2.75, 3.05) is 7.11 Å². The van der Waals surface area contributed by atoms with Crippen molar-refractivity contribution in [2.45, 2.75) is 127 Å². The molecule has 3 unspecified atom stereocenters. The average molecular weight is 533 g/mol. The van der Waals surface area contributed by atoms with E-state index in [-0.39, 0.29) is 67.1 Å². The smallest absolute Gasteiger partial charge is 0.748 e. The Kier molecular flexibility index (Phi) is 11.8. The van der Waals surface area contributed by atoms with Gasteiger partial charge in [-0.2, -0.15) is 0 Å². The van der Waals surface area contributed by atoms with Crippen molar-refractivity contribution in [1.29, 1.82) is 0 Å². The first-order chi connectivity index (χ1) is 17.2. The van der Waals surface area contributed by atoms with Crippen molar-refractivity contribution in [3.8, 4) is 0 Å². The Morgan fingerprint density at radius 2 is 1.11 bits per heavy atom. The van der Waals surface area contributed by atoms with Crippen LogP contribution in [0, 0.1) is 29.6 Å². The molecular formula is C28H45LiO7S. The number of carbonyl (C=O) groups is 2. The first kappa shape index (κ1) is 31.3. The molecule has 9 heteroatoms. The van der Waals surface area contributed by atoms with E-state index >= 15 is 0 Å². The molecule has 0 radical (unpaired) electrons. The summed E-state index contributed by atoms with van der Waals surface area (Å²) < 4.78 is 47.3. The maximum Gasteiger partial charge on any atom is 1.00 e. The third-order valence-electron chi connectivity index (χ3n) is 9.77. The van der Waals surface area contributed by atoms with Crippen molar-refractivity contribution >= 4 is 21.7 Å². The van der Waals surface area contributed by atoms with Gasteiger partial charge in [0.1, 0.15) is 11.6 Å². The van der Waals surface area contributed by atoms with Gasteiger partial charge in [0.25, 0.3) is 0 Å². The molecule has 0 aliphatic heterocycles. The first-order valence-electron chi connectivity index (χ1n) is 14.4. The Balaban J connectivity index is 0.00000380. The van der Waals surface area contributed by atoms with Gasteiger partial charge in [0.05, 0.1) is 33.7 Å². The molecule has 0 N–H and O–H groups in total. The molecule has 0 heterocycles. The van der Waals surface area contributed by atoms with E-state index in [4.69, 9.17) is 9.47 Å². The molecule has 0 bridgehead atoms. The van der Waals surface area contributed by atoms with Crippen LogP contribution in [-0.4, -0.2) is 55.2 Å². The summed E-state index contributed by atoms with van der Waals surface area (Å²) in [6, 6.07) is 0. The third-order valence-corrected chi connectivity index (χ3v) is 11.0. The standard InChI is InChI=1S/C28H46O7S.Li/c1-18-3-5-19(6-4-18)27(29)20-7-11-22(12-8-20)35-23-13-9-21(10-14-23)28(30)25-16-15-24(34-2)17-26(25)36(31,32)33;/h18-26H,3-17H2,1-2H3,(H,31,32,33);/q;+1/p-1. The minimum Gasteiger partial charge on any atom is -0.748 e. The van der Waals surface area contributed by atoms with Gasteiger partial charge in [-0.25, -0.2) is 8.42 Å². The number of carbonyl (C=O) groups excluding carboxylic acids is 2. The van der Waals surface area contributed by atoms with Gasteiger partial charge >= 0.3 is 18.9 Å². The van der Waals surface area contributed by atoms with Crippen LogP contribution in [0.15, 0.2) is 0 Å². The number of ether oxygens (including phenoxy) is 2. The summed E-state index contributed by atoms with van der Waals surface area (Å²) in [5.74, 6) is 0.787. The van der Waals surface area contributed by atoms with E-state index in [0.717, 1.165) is 57.3 Å². The van der Waals surface area contributed by atoms with Crippen LogP contribution in [0.25, 0.3) is 0 Å².